The molecule has 1 aliphatic heterocycles. The average molecular weight is 410 g/mol. The Hall–Kier alpha value is -2.63. The summed E-state index contributed by atoms with van der Waals surface area (Å²) in [5.74, 6) is -0.0591. The van der Waals surface area contributed by atoms with Crippen LogP contribution in [-0.2, 0) is 11.3 Å². The minimum Gasteiger partial charge on any atom is -0.373 e. The van der Waals surface area contributed by atoms with E-state index in [1.807, 2.05) is 60.4 Å². The average Bonchev–Trinajstić information content (AvgIpc) is 3.07. The Morgan fingerprint density at radius 3 is 2.34 bits per heavy atom. The van der Waals surface area contributed by atoms with Gasteiger partial charge in [0.05, 0.1) is 29.7 Å². The van der Waals surface area contributed by atoms with Crippen molar-refractivity contribution in [3.63, 3.8) is 0 Å². The highest BCUT2D eigenvalue weighted by Crippen LogP contribution is 2.26. The number of hydrogen-bond acceptors (Lipinski definition) is 3. The number of likely N-dealkylation sites (tertiary alicyclic amines) is 1. The maximum atomic E-state index is 13.1. The molecule has 4 rings (SSSR count). The highest BCUT2D eigenvalue weighted by molar-refractivity contribution is 6.33. The van der Waals surface area contributed by atoms with Crippen LogP contribution in [-0.4, -0.2) is 39.8 Å². The Kier molecular flexibility index (Phi) is 5.97. The van der Waals surface area contributed by atoms with Crippen molar-refractivity contribution < 1.29 is 9.53 Å². The quantitative estimate of drug-likeness (QED) is 0.616. The summed E-state index contributed by atoms with van der Waals surface area (Å²) >= 11 is 6.55. The lowest BCUT2D eigenvalue weighted by molar-refractivity contribution is -0.000388. The van der Waals surface area contributed by atoms with E-state index in [9.17, 15) is 4.79 Å². The molecule has 0 aliphatic carbocycles. The lowest BCUT2D eigenvalue weighted by atomic mass is 10.1. The maximum Gasteiger partial charge on any atom is 0.258 e. The molecule has 0 saturated carbocycles. The molecule has 6 heteroatoms. The van der Waals surface area contributed by atoms with E-state index in [0.717, 1.165) is 18.5 Å². The molecule has 5 nitrogen and oxygen atoms in total. The molecule has 1 saturated heterocycles. The van der Waals surface area contributed by atoms with Crippen molar-refractivity contribution in [2.75, 3.05) is 13.1 Å². The summed E-state index contributed by atoms with van der Waals surface area (Å²) in [6, 6.07) is 19.8. The molecule has 0 atom stereocenters. The molecule has 0 bridgehead atoms. The van der Waals surface area contributed by atoms with Crippen molar-refractivity contribution in [1.82, 2.24) is 14.7 Å². The lowest BCUT2D eigenvalue weighted by Crippen LogP contribution is -2.41. The van der Waals surface area contributed by atoms with Crippen LogP contribution >= 0.6 is 11.6 Å². The first-order chi connectivity index (χ1) is 14.1. The van der Waals surface area contributed by atoms with Crippen LogP contribution in [0.5, 0.6) is 0 Å². The van der Waals surface area contributed by atoms with Crippen LogP contribution in [0.3, 0.4) is 0 Å². The number of para-hydroxylation sites is 1. The Bertz CT molecular complexity index is 965. The van der Waals surface area contributed by atoms with Crippen molar-refractivity contribution in [2.45, 2.75) is 32.5 Å². The van der Waals surface area contributed by atoms with Crippen molar-refractivity contribution in [3.05, 3.63) is 82.6 Å². The lowest BCUT2D eigenvalue weighted by Gasteiger charge is -2.32. The van der Waals surface area contributed by atoms with Crippen LogP contribution in [0.1, 0.15) is 34.5 Å². The fourth-order valence-electron chi connectivity index (χ4n) is 3.65. The van der Waals surface area contributed by atoms with Crippen molar-refractivity contribution in [2.24, 2.45) is 0 Å². The molecule has 0 N–H and O–H groups in total. The fraction of sp³-hybridized carbons (Fsp3) is 0.304. The molecule has 0 radical (unpaired) electrons. The summed E-state index contributed by atoms with van der Waals surface area (Å²) in [6.07, 6.45) is 1.81. The second-order valence-corrected chi connectivity index (χ2v) is 7.64. The Balaban J connectivity index is 1.39. The first kappa shape index (κ1) is 19.7. The summed E-state index contributed by atoms with van der Waals surface area (Å²) in [6.45, 7) is 3.75. The Morgan fingerprint density at radius 2 is 1.69 bits per heavy atom. The van der Waals surface area contributed by atoms with E-state index < -0.39 is 0 Å². The normalized spacial score (nSPS) is 14.9. The number of nitrogens with zero attached hydrogens (tertiary/aromatic N) is 3. The second kappa shape index (κ2) is 8.80. The zero-order valence-electron chi connectivity index (χ0n) is 16.4. The standard InChI is InChI=1S/C23H24ClN3O2/c1-17-21(22(24)27(25-17)19-10-6-3-7-11-19)23(28)26-14-12-20(13-15-26)29-16-18-8-4-2-5-9-18/h2-11,20H,12-16H2,1H3. The van der Waals surface area contributed by atoms with Gasteiger partial charge >= 0.3 is 0 Å². The third-order valence-corrected chi connectivity index (χ3v) is 5.63. The zero-order valence-corrected chi connectivity index (χ0v) is 17.2. The molecule has 1 aromatic heterocycles. The van der Waals surface area contributed by atoms with E-state index >= 15 is 0 Å². The number of ether oxygens (including phenoxy) is 1. The number of rotatable bonds is 5. The molecule has 3 aromatic rings. The number of carbonyl (C=O) groups excluding carboxylic acids is 1. The Labute approximate surface area is 175 Å². The van der Waals surface area contributed by atoms with Crippen LogP contribution in [0.15, 0.2) is 60.7 Å². The highest BCUT2D eigenvalue weighted by Gasteiger charge is 2.29. The van der Waals surface area contributed by atoms with Gasteiger partial charge in [0.2, 0.25) is 0 Å². The van der Waals surface area contributed by atoms with Gasteiger partial charge in [-0.05, 0) is 37.5 Å². The van der Waals surface area contributed by atoms with Gasteiger partial charge in [0.15, 0.2) is 0 Å². The van der Waals surface area contributed by atoms with Gasteiger partial charge in [0, 0.05) is 13.1 Å². The van der Waals surface area contributed by atoms with Crippen LogP contribution in [0.4, 0.5) is 0 Å². The summed E-state index contributed by atoms with van der Waals surface area (Å²) < 4.78 is 7.66. The van der Waals surface area contributed by atoms with E-state index in [0.29, 0.717) is 36.1 Å². The van der Waals surface area contributed by atoms with E-state index in [-0.39, 0.29) is 12.0 Å². The summed E-state index contributed by atoms with van der Waals surface area (Å²) in [7, 11) is 0. The SMILES string of the molecule is Cc1nn(-c2ccccc2)c(Cl)c1C(=O)N1CCC(OCc2ccccc2)CC1. The van der Waals surface area contributed by atoms with Crippen molar-refractivity contribution >= 4 is 17.5 Å². The van der Waals surface area contributed by atoms with Crippen LogP contribution in [0, 0.1) is 6.92 Å². The number of amides is 1. The molecular weight excluding hydrogens is 386 g/mol. The molecule has 29 heavy (non-hydrogen) atoms. The number of carbonyl (C=O) groups is 1. The van der Waals surface area contributed by atoms with Crippen LogP contribution < -0.4 is 0 Å². The van der Waals surface area contributed by atoms with Gasteiger partial charge in [-0.15, -0.1) is 0 Å². The number of halogens is 1. The molecule has 2 heterocycles. The number of hydrogen-bond donors (Lipinski definition) is 0. The third kappa shape index (κ3) is 4.36. The monoisotopic (exact) mass is 409 g/mol. The first-order valence-electron chi connectivity index (χ1n) is 9.89. The van der Waals surface area contributed by atoms with Crippen molar-refractivity contribution in [3.8, 4) is 5.69 Å². The molecule has 150 valence electrons. The van der Waals surface area contributed by atoms with E-state index in [4.69, 9.17) is 16.3 Å². The minimum atomic E-state index is -0.0591. The second-order valence-electron chi connectivity index (χ2n) is 7.29. The number of aryl methyl sites for hydroxylation is 1. The zero-order chi connectivity index (χ0) is 20.2. The Morgan fingerprint density at radius 1 is 1.07 bits per heavy atom. The van der Waals surface area contributed by atoms with Crippen LogP contribution in [0.2, 0.25) is 5.15 Å². The fourth-order valence-corrected chi connectivity index (χ4v) is 4.01. The predicted octanol–water partition coefficient (Wildman–Crippen LogP) is 4.66. The van der Waals surface area contributed by atoms with Gasteiger partial charge in [-0.2, -0.15) is 5.10 Å². The molecule has 1 amide bonds. The first-order valence-corrected chi connectivity index (χ1v) is 10.3. The number of benzene rings is 2. The summed E-state index contributed by atoms with van der Waals surface area (Å²) in [5.41, 5.74) is 3.14. The van der Waals surface area contributed by atoms with Crippen molar-refractivity contribution in [1.29, 1.82) is 0 Å². The van der Waals surface area contributed by atoms with Gasteiger partial charge in [0.1, 0.15) is 5.15 Å². The smallest absolute Gasteiger partial charge is 0.258 e. The molecule has 1 fully saturated rings. The molecular formula is C23H24ClN3O2. The topological polar surface area (TPSA) is 47.4 Å². The van der Waals surface area contributed by atoms with Gasteiger partial charge in [-0.25, -0.2) is 4.68 Å². The van der Waals surface area contributed by atoms with Gasteiger partial charge in [-0.1, -0.05) is 60.1 Å². The van der Waals surface area contributed by atoms with Gasteiger partial charge in [0.25, 0.3) is 5.91 Å². The molecule has 0 spiro atoms. The summed E-state index contributed by atoms with van der Waals surface area (Å²) in [4.78, 5) is 15.0. The van der Waals surface area contributed by atoms with E-state index in [2.05, 4.69) is 17.2 Å². The third-order valence-electron chi connectivity index (χ3n) is 5.28. The highest BCUT2D eigenvalue weighted by atomic mass is 35.5. The molecule has 1 aliphatic rings. The van der Waals surface area contributed by atoms with Gasteiger partial charge in [-0.3, -0.25) is 4.79 Å². The maximum absolute atomic E-state index is 13.1. The van der Waals surface area contributed by atoms with E-state index in [1.54, 1.807) is 4.68 Å². The molecule has 0 unspecified atom stereocenters. The van der Waals surface area contributed by atoms with Crippen LogP contribution in [0.25, 0.3) is 5.69 Å². The number of aromatic nitrogens is 2. The predicted molar refractivity (Wildman–Crippen MR) is 113 cm³/mol. The largest absolute Gasteiger partial charge is 0.373 e. The van der Waals surface area contributed by atoms with E-state index in [1.165, 1.54) is 5.56 Å². The van der Waals surface area contributed by atoms with Gasteiger partial charge < -0.3 is 9.64 Å². The minimum absolute atomic E-state index is 0.0591. The summed E-state index contributed by atoms with van der Waals surface area (Å²) in [5, 5.41) is 4.85. The molecule has 2 aromatic carbocycles. The number of piperidine rings is 1.